The molecular formula is C12H21N5. The molecule has 1 atom stereocenters. The number of hydrogen-bond donors (Lipinski definition) is 2. The molecule has 3 N–H and O–H groups in total. The van der Waals surface area contributed by atoms with Gasteiger partial charge in [0.25, 0.3) is 0 Å². The molecule has 17 heavy (non-hydrogen) atoms. The molecule has 0 spiro atoms. The monoisotopic (exact) mass is 235 g/mol. The van der Waals surface area contributed by atoms with E-state index in [0.29, 0.717) is 6.54 Å². The molecule has 0 saturated heterocycles. The van der Waals surface area contributed by atoms with Gasteiger partial charge in [0, 0.05) is 19.0 Å². The number of amidine groups is 1. The molecule has 0 bridgehead atoms. The molecule has 94 valence electrons. The molecule has 5 heteroatoms. The zero-order chi connectivity index (χ0) is 13.0. The summed E-state index contributed by atoms with van der Waals surface area (Å²) in [6, 6.07) is 0. The maximum absolute atomic E-state index is 7.42. The number of nitrogens with two attached hydrogens (primary N) is 1. The van der Waals surface area contributed by atoms with Gasteiger partial charge in [0.2, 0.25) is 0 Å². The van der Waals surface area contributed by atoms with Crippen LogP contribution in [0.25, 0.3) is 0 Å². The van der Waals surface area contributed by atoms with E-state index in [9.17, 15) is 0 Å². The maximum atomic E-state index is 7.42. The fraction of sp³-hybridized carbons (Fsp3) is 0.583. The van der Waals surface area contributed by atoms with Crippen molar-refractivity contribution in [2.75, 3.05) is 18.0 Å². The number of rotatable bonds is 5. The first-order valence-corrected chi connectivity index (χ1v) is 5.84. The van der Waals surface area contributed by atoms with E-state index in [0.717, 1.165) is 23.8 Å². The molecule has 1 rings (SSSR count). The summed E-state index contributed by atoms with van der Waals surface area (Å²) in [5, 5.41) is 7.42. The van der Waals surface area contributed by atoms with E-state index in [4.69, 9.17) is 11.1 Å². The Balaban J connectivity index is 2.86. The SMILES string of the molecule is CCN(CC(C)C(=N)N)c1cnc(C)c(C)n1. The van der Waals surface area contributed by atoms with E-state index in [-0.39, 0.29) is 11.8 Å². The van der Waals surface area contributed by atoms with Crippen molar-refractivity contribution >= 4 is 11.7 Å². The normalized spacial score (nSPS) is 12.2. The van der Waals surface area contributed by atoms with Crippen LogP contribution in [0.5, 0.6) is 0 Å². The first-order chi connectivity index (χ1) is 7.95. The average Bonchev–Trinajstić information content (AvgIpc) is 2.29. The van der Waals surface area contributed by atoms with Gasteiger partial charge in [-0.2, -0.15) is 0 Å². The summed E-state index contributed by atoms with van der Waals surface area (Å²) in [6.45, 7) is 9.43. The number of aromatic nitrogens is 2. The second-order valence-corrected chi connectivity index (χ2v) is 4.29. The van der Waals surface area contributed by atoms with Gasteiger partial charge in [-0.3, -0.25) is 10.4 Å². The standard InChI is InChI=1S/C12H21N5/c1-5-17(7-8(2)12(13)14)11-6-15-9(3)10(4)16-11/h6,8H,5,7H2,1-4H3,(H3,13,14). The molecule has 0 aliphatic rings. The van der Waals surface area contributed by atoms with Crippen LogP contribution in [0.15, 0.2) is 6.20 Å². The predicted molar refractivity (Wildman–Crippen MR) is 70.5 cm³/mol. The summed E-state index contributed by atoms with van der Waals surface area (Å²) >= 11 is 0. The lowest BCUT2D eigenvalue weighted by atomic mass is 10.1. The van der Waals surface area contributed by atoms with Crippen molar-refractivity contribution in [1.29, 1.82) is 5.41 Å². The van der Waals surface area contributed by atoms with Crippen LogP contribution in [0.3, 0.4) is 0 Å². The number of nitrogens with one attached hydrogen (secondary N) is 1. The first kappa shape index (κ1) is 13.4. The maximum Gasteiger partial charge on any atom is 0.147 e. The smallest absolute Gasteiger partial charge is 0.147 e. The van der Waals surface area contributed by atoms with Gasteiger partial charge in [0.15, 0.2) is 0 Å². The molecular weight excluding hydrogens is 214 g/mol. The summed E-state index contributed by atoms with van der Waals surface area (Å²) in [5.41, 5.74) is 7.38. The van der Waals surface area contributed by atoms with E-state index in [1.807, 2.05) is 20.8 Å². The minimum atomic E-state index is 0.0263. The number of anilines is 1. The van der Waals surface area contributed by atoms with Crippen LogP contribution in [-0.4, -0.2) is 28.9 Å². The van der Waals surface area contributed by atoms with Gasteiger partial charge in [0.05, 0.1) is 23.4 Å². The minimum absolute atomic E-state index is 0.0263. The highest BCUT2D eigenvalue weighted by atomic mass is 15.2. The van der Waals surface area contributed by atoms with Gasteiger partial charge < -0.3 is 10.6 Å². The Kier molecular flexibility index (Phi) is 4.43. The average molecular weight is 235 g/mol. The van der Waals surface area contributed by atoms with Crippen LogP contribution in [0.1, 0.15) is 25.2 Å². The van der Waals surface area contributed by atoms with Gasteiger partial charge in [-0.25, -0.2) is 4.98 Å². The molecule has 0 radical (unpaired) electrons. The Morgan fingerprint density at radius 1 is 1.47 bits per heavy atom. The second kappa shape index (κ2) is 5.61. The van der Waals surface area contributed by atoms with E-state index >= 15 is 0 Å². The Bertz CT molecular complexity index is 402. The van der Waals surface area contributed by atoms with Crippen molar-refractivity contribution in [3.05, 3.63) is 17.6 Å². The summed E-state index contributed by atoms with van der Waals surface area (Å²) in [6.07, 6.45) is 1.78. The first-order valence-electron chi connectivity index (χ1n) is 5.84. The lowest BCUT2D eigenvalue weighted by Crippen LogP contribution is -2.35. The molecule has 0 fully saturated rings. The molecule has 0 amide bonds. The van der Waals surface area contributed by atoms with Crippen molar-refractivity contribution < 1.29 is 0 Å². The lowest BCUT2D eigenvalue weighted by molar-refractivity contribution is 0.687. The summed E-state index contributed by atoms with van der Waals surface area (Å²) in [4.78, 5) is 10.9. The Morgan fingerprint density at radius 3 is 2.59 bits per heavy atom. The van der Waals surface area contributed by atoms with Crippen molar-refractivity contribution in [3.8, 4) is 0 Å². The van der Waals surface area contributed by atoms with Crippen LogP contribution in [0.4, 0.5) is 5.82 Å². The fourth-order valence-corrected chi connectivity index (χ4v) is 1.50. The quantitative estimate of drug-likeness (QED) is 0.598. The molecule has 0 aromatic carbocycles. The van der Waals surface area contributed by atoms with Crippen LogP contribution < -0.4 is 10.6 Å². The van der Waals surface area contributed by atoms with Crippen LogP contribution >= 0.6 is 0 Å². The topological polar surface area (TPSA) is 78.9 Å². The lowest BCUT2D eigenvalue weighted by Gasteiger charge is -2.25. The van der Waals surface area contributed by atoms with Crippen molar-refractivity contribution in [2.45, 2.75) is 27.7 Å². The Labute approximate surface area is 103 Å². The second-order valence-electron chi connectivity index (χ2n) is 4.29. The Hall–Kier alpha value is -1.65. The highest BCUT2D eigenvalue weighted by Crippen LogP contribution is 2.13. The van der Waals surface area contributed by atoms with Gasteiger partial charge in [-0.1, -0.05) is 6.92 Å². The third kappa shape index (κ3) is 3.41. The number of aryl methyl sites for hydroxylation is 2. The minimum Gasteiger partial charge on any atom is -0.387 e. The third-order valence-corrected chi connectivity index (χ3v) is 2.91. The van der Waals surface area contributed by atoms with E-state index in [1.54, 1.807) is 6.20 Å². The predicted octanol–water partition coefficient (Wildman–Crippen LogP) is 1.49. The zero-order valence-corrected chi connectivity index (χ0v) is 11.0. The number of hydrogen-bond acceptors (Lipinski definition) is 4. The molecule has 1 unspecified atom stereocenters. The zero-order valence-electron chi connectivity index (χ0n) is 11.0. The van der Waals surface area contributed by atoms with Gasteiger partial charge in [0.1, 0.15) is 5.82 Å². The summed E-state index contributed by atoms with van der Waals surface area (Å²) in [5.74, 6) is 1.09. The summed E-state index contributed by atoms with van der Waals surface area (Å²) in [7, 11) is 0. The van der Waals surface area contributed by atoms with Gasteiger partial charge in [-0.05, 0) is 20.8 Å². The van der Waals surface area contributed by atoms with E-state index in [2.05, 4.69) is 21.8 Å². The Morgan fingerprint density at radius 2 is 2.12 bits per heavy atom. The molecule has 5 nitrogen and oxygen atoms in total. The summed E-state index contributed by atoms with van der Waals surface area (Å²) < 4.78 is 0. The fourth-order valence-electron chi connectivity index (χ4n) is 1.50. The molecule has 1 aromatic rings. The van der Waals surface area contributed by atoms with Gasteiger partial charge in [-0.15, -0.1) is 0 Å². The third-order valence-electron chi connectivity index (χ3n) is 2.91. The van der Waals surface area contributed by atoms with Crippen LogP contribution in [-0.2, 0) is 0 Å². The van der Waals surface area contributed by atoms with Crippen molar-refractivity contribution in [2.24, 2.45) is 11.7 Å². The highest BCUT2D eigenvalue weighted by molar-refractivity contribution is 5.79. The van der Waals surface area contributed by atoms with Gasteiger partial charge >= 0.3 is 0 Å². The molecule has 1 aromatic heterocycles. The van der Waals surface area contributed by atoms with Crippen molar-refractivity contribution in [3.63, 3.8) is 0 Å². The van der Waals surface area contributed by atoms with Crippen LogP contribution in [0, 0.1) is 25.2 Å². The van der Waals surface area contributed by atoms with E-state index < -0.39 is 0 Å². The molecule has 0 aliphatic carbocycles. The molecule has 1 heterocycles. The highest BCUT2D eigenvalue weighted by Gasteiger charge is 2.13. The molecule has 0 saturated carbocycles. The molecule has 0 aliphatic heterocycles. The van der Waals surface area contributed by atoms with Crippen molar-refractivity contribution in [1.82, 2.24) is 9.97 Å². The van der Waals surface area contributed by atoms with Crippen LogP contribution in [0.2, 0.25) is 0 Å². The van der Waals surface area contributed by atoms with E-state index in [1.165, 1.54) is 0 Å². The number of nitrogens with zero attached hydrogens (tertiary/aromatic N) is 3. The largest absolute Gasteiger partial charge is 0.387 e.